The summed E-state index contributed by atoms with van der Waals surface area (Å²) >= 11 is 0. The van der Waals surface area contributed by atoms with E-state index in [0.29, 0.717) is 6.42 Å². The summed E-state index contributed by atoms with van der Waals surface area (Å²) in [6.45, 7) is 1.94. The lowest BCUT2D eigenvalue weighted by atomic mass is 9.77. The summed E-state index contributed by atoms with van der Waals surface area (Å²) < 4.78 is 5.74. The van der Waals surface area contributed by atoms with Crippen molar-refractivity contribution in [2.45, 2.75) is 37.3 Å². The van der Waals surface area contributed by atoms with Crippen LogP contribution < -0.4 is 0 Å². The van der Waals surface area contributed by atoms with Crippen molar-refractivity contribution in [2.24, 2.45) is 4.99 Å². The van der Waals surface area contributed by atoms with Gasteiger partial charge in [0, 0.05) is 33.0 Å². The molecule has 92 valence electrons. The van der Waals surface area contributed by atoms with Gasteiger partial charge in [0.2, 0.25) is 0 Å². The second kappa shape index (κ2) is 3.95. The van der Waals surface area contributed by atoms with E-state index < -0.39 is 0 Å². The molecule has 2 atom stereocenters. The first-order chi connectivity index (χ1) is 8.25. The van der Waals surface area contributed by atoms with Gasteiger partial charge in [-0.3, -0.25) is 9.79 Å². The summed E-state index contributed by atoms with van der Waals surface area (Å²) in [5.41, 5.74) is -0.274. The number of hydrogen-bond donors (Lipinski definition) is 0. The van der Waals surface area contributed by atoms with Crippen molar-refractivity contribution in [1.29, 1.82) is 0 Å². The Morgan fingerprint density at radius 2 is 2.47 bits per heavy atom. The minimum absolute atomic E-state index is 0.151. The fraction of sp³-hybridized carbons (Fsp3) is 0.692. The van der Waals surface area contributed by atoms with E-state index >= 15 is 0 Å². The molecule has 0 N–H and O–H groups in total. The fourth-order valence-electron chi connectivity index (χ4n) is 3.24. The van der Waals surface area contributed by atoms with Gasteiger partial charge < -0.3 is 9.64 Å². The number of carbonyl (C=O) groups excluding carboxylic acids is 1. The normalized spacial score (nSPS) is 36.3. The van der Waals surface area contributed by atoms with E-state index in [-0.39, 0.29) is 17.4 Å². The SMILES string of the molecule is CO[C@@]12C=CC(=O)C[C@@H]1N1CCCN=C1CC2. The molecule has 4 heteroatoms. The predicted molar refractivity (Wildman–Crippen MR) is 65.2 cm³/mol. The minimum atomic E-state index is -0.274. The van der Waals surface area contributed by atoms with Crippen LogP contribution in [0, 0.1) is 0 Å². The van der Waals surface area contributed by atoms with Crippen LogP contribution in [0.3, 0.4) is 0 Å². The van der Waals surface area contributed by atoms with Crippen LogP contribution in [0.25, 0.3) is 0 Å². The third-order valence-electron chi connectivity index (χ3n) is 4.19. The van der Waals surface area contributed by atoms with Crippen LogP contribution in [0.4, 0.5) is 0 Å². The quantitative estimate of drug-likeness (QED) is 0.684. The van der Waals surface area contributed by atoms with Crippen LogP contribution in [0.15, 0.2) is 17.1 Å². The lowest BCUT2D eigenvalue weighted by molar-refractivity contribution is -0.121. The van der Waals surface area contributed by atoms with Crippen LogP contribution in [0.2, 0.25) is 0 Å². The summed E-state index contributed by atoms with van der Waals surface area (Å²) in [5, 5.41) is 0. The third kappa shape index (κ3) is 1.62. The number of nitrogens with zero attached hydrogens (tertiary/aromatic N) is 2. The van der Waals surface area contributed by atoms with Crippen LogP contribution in [-0.2, 0) is 9.53 Å². The standard InChI is InChI=1S/C13H18N2O2/c1-17-13-5-3-10(16)9-11(13)15-8-2-7-14-12(15)4-6-13/h3,5,11H,2,4,6-9H2,1H3/t11-,13+/m0/s1. The highest BCUT2D eigenvalue weighted by Crippen LogP contribution is 2.38. The molecule has 3 aliphatic rings. The monoisotopic (exact) mass is 234 g/mol. The molecule has 0 aromatic rings. The first kappa shape index (κ1) is 11.0. The number of hydrogen-bond acceptors (Lipinski definition) is 4. The number of rotatable bonds is 1. The second-order valence-electron chi connectivity index (χ2n) is 5.02. The second-order valence-corrected chi connectivity index (χ2v) is 5.02. The zero-order chi connectivity index (χ0) is 11.9. The highest BCUT2D eigenvalue weighted by molar-refractivity contribution is 5.93. The molecule has 4 nitrogen and oxygen atoms in total. The Balaban J connectivity index is 1.98. The average Bonchev–Trinajstić information content (AvgIpc) is 2.39. The Kier molecular flexibility index (Phi) is 2.54. The largest absolute Gasteiger partial charge is 0.372 e. The zero-order valence-corrected chi connectivity index (χ0v) is 10.2. The number of ether oxygens (including phenoxy) is 1. The van der Waals surface area contributed by atoms with Crippen LogP contribution >= 0.6 is 0 Å². The highest BCUT2D eigenvalue weighted by atomic mass is 16.5. The fourth-order valence-corrected chi connectivity index (χ4v) is 3.24. The third-order valence-corrected chi connectivity index (χ3v) is 4.19. The summed E-state index contributed by atoms with van der Waals surface area (Å²) in [4.78, 5) is 18.5. The molecular formula is C13H18N2O2. The predicted octanol–water partition coefficient (Wildman–Crippen LogP) is 1.17. The summed E-state index contributed by atoms with van der Waals surface area (Å²) in [6.07, 6.45) is 7.19. The van der Waals surface area contributed by atoms with Crippen LogP contribution in [0.5, 0.6) is 0 Å². The molecule has 0 saturated carbocycles. The number of fused-ring (bicyclic) bond motifs is 3. The molecule has 0 aromatic carbocycles. The summed E-state index contributed by atoms with van der Waals surface area (Å²) in [5.74, 6) is 1.38. The number of ketones is 1. The van der Waals surface area contributed by atoms with Gasteiger partial charge in [-0.1, -0.05) is 0 Å². The van der Waals surface area contributed by atoms with E-state index in [9.17, 15) is 4.79 Å². The highest BCUT2D eigenvalue weighted by Gasteiger charge is 2.48. The van der Waals surface area contributed by atoms with E-state index in [1.165, 1.54) is 5.84 Å². The number of amidine groups is 1. The maximum absolute atomic E-state index is 11.6. The molecule has 0 bridgehead atoms. The van der Waals surface area contributed by atoms with Gasteiger partial charge in [-0.2, -0.15) is 0 Å². The van der Waals surface area contributed by atoms with Crippen LogP contribution in [0.1, 0.15) is 25.7 Å². The van der Waals surface area contributed by atoms with Gasteiger partial charge in [-0.05, 0) is 25.0 Å². The van der Waals surface area contributed by atoms with E-state index in [4.69, 9.17) is 4.74 Å². The maximum atomic E-state index is 11.6. The molecule has 0 amide bonds. The molecule has 3 rings (SSSR count). The lowest BCUT2D eigenvalue weighted by Crippen LogP contribution is -2.61. The van der Waals surface area contributed by atoms with Crippen molar-refractivity contribution >= 4 is 11.6 Å². The van der Waals surface area contributed by atoms with Gasteiger partial charge in [0.25, 0.3) is 0 Å². The first-order valence-corrected chi connectivity index (χ1v) is 6.32. The summed E-state index contributed by atoms with van der Waals surface area (Å²) in [7, 11) is 1.75. The summed E-state index contributed by atoms with van der Waals surface area (Å²) in [6, 6.07) is 0.151. The van der Waals surface area contributed by atoms with Crippen molar-refractivity contribution in [3.63, 3.8) is 0 Å². The van der Waals surface area contributed by atoms with E-state index in [1.807, 2.05) is 6.08 Å². The number of methoxy groups -OCH3 is 1. The Bertz CT molecular complexity index is 402. The van der Waals surface area contributed by atoms with Gasteiger partial charge in [0.15, 0.2) is 5.78 Å². The van der Waals surface area contributed by atoms with Gasteiger partial charge in [-0.25, -0.2) is 0 Å². The molecule has 0 spiro atoms. The smallest absolute Gasteiger partial charge is 0.157 e. The Hall–Kier alpha value is -1.16. The van der Waals surface area contributed by atoms with Crippen molar-refractivity contribution in [3.05, 3.63) is 12.2 Å². The van der Waals surface area contributed by atoms with Crippen molar-refractivity contribution in [1.82, 2.24) is 4.90 Å². The Morgan fingerprint density at radius 1 is 1.59 bits per heavy atom. The lowest BCUT2D eigenvalue weighted by Gasteiger charge is -2.51. The number of allylic oxidation sites excluding steroid dienone is 1. The zero-order valence-electron chi connectivity index (χ0n) is 10.2. The van der Waals surface area contributed by atoms with Gasteiger partial charge in [0.1, 0.15) is 5.60 Å². The van der Waals surface area contributed by atoms with Gasteiger partial charge in [-0.15, -0.1) is 0 Å². The van der Waals surface area contributed by atoms with E-state index in [1.54, 1.807) is 13.2 Å². The minimum Gasteiger partial charge on any atom is -0.372 e. The van der Waals surface area contributed by atoms with Crippen molar-refractivity contribution in [2.75, 3.05) is 20.2 Å². The van der Waals surface area contributed by atoms with E-state index in [2.05, 4.69) is 9.89 Å². The van der Waals surface area contributed by atoms with Crippen molar-refractivity contribution in [3.8, 4) is 0 Å². The Labute approximate surface area is 101 Å². The molecule has 2 heterocycles. The maximum Gasteiger partial charge on any atom is 0.157 e. The molecule has 2 aliphatic heterocycles. The number of aliphatic imine (C=N–C) groups is 1. The van der Waals surface area contributed by atoms with Gasteiger partial charge in [0.05, 0.1) is 11.9 Å². The van der Waals surface area contributed by atoms with E-state index in [0.717, 1.165) is 32.4 Å². The molecule has 1 aliphatic carbocycles. The van der Waals surface area contributed by atoms with Crippen LogP contribution in [-0.4, -0.2) is 48.4 Å². The average molecular weight is 234 g/mol. The molecule has 17 heavy (non-hydrogen) atoms. The number of carbonyl (C=O) groups is 1. The molecule has 0 aromatic heterocycles. The number of piperidine rings is 1. The topological polar surface area (TPSA) is 41.9 Å². The van der Waals surface area contributed by atoms with Gasteiger partial charge >= 0.3 is 0 Å². The molecule has 1 fully saturated rings. The molecule has 0 radical (unpaired) electrons. The molecule has 1 saturated heterocycles. The first-order valence-electron chi connectivity index (χ1n) is 6.32. The van der Waals surface area contributed by atoms with Crippen molar-refractivity contribution < 1.29 is 9.53 Å². The molecular weight excluding hydrogens is 216 g/mol. The molecule has 0 unspecified atom stereocenters. The Morgan fingerprint density at radius 3 is 3.29 bits per heavy atom.